The van der Waals surface area contributed by atoms with Crippen LogP contribution in [0.15, 0.2) is 22.5 Å². The van der Waals surface area contributed by atoms with Crippen LogP contribution in [0.1, 0.15) is 18.1 Å². The van der Waals surface area contributed by atoms with Crippen molar-refractivity contribution in [1.29, 1.82) is 0 Å². The second-order valence-corrected chi connectivity index (χ2v) is 6.91. The minimum Gasteiger partial charge on any atom is -0.325 e. The molecule has 0 atom stereocenters. The number of amides is 2. The summed E-state index contributed by atoms with van der Waals surface area (Å²) in [5.41, 5.74) is 3.00. The first-order valence-corrected chi connectivity index (χ1v) is 8.35. The lowest BCUT2D eigenvalue weighted by molar-refractivity contribution is -0.114. The molecule has 22 heavy (non-hydrogen) atoms. The zero-order valence-corrected chi connectivity index (χ0v) is 14.1. The maximum absolute atomic E-state index is 12.0. The van der Waals surface area contributed by atoms with E-state index in [-0.39, 0.29) is 17.6 Å². The molecular weight excluding hydrogens is 320 g/mol. The van der Waals surface area contributed by atoms with Crippen molar-refractivity contribution in [1.82, 2.24) is 10.2 Å². The SMILES string of the molecule is CC(=O)Nc1nnc(SCC(=O)Nc2ccc(C)cc2C)s1. The molecule has 116 valence electrons. The maximum atomic E-state index is 12.0. The lowest BCUT2D eigenvalue weighted by Crippen LogP contribution is -2.14. The summed E-state index contributed by atoms with van der Waals surface area (Å²) in [4.78, 5) is 22.9. The van der Waals surface area contributed by atoms with E-state index in [1.807, 2.05) is 32.0 Å². The molecule has 0 bridgehead atoms. The molecule has 2 rings (SSSR count). The highest BCUT2D eigenvalue weighted by molar-refractivity contribution is 8.01. The quantitative estimate of drug-likeness (QED) is 0.648. The van der Waals surface area contributed by atoms with Crippen molar-refractivity contribution in [3.05, 3.63) is 29.3 Å². The number of aryl methyl sites for hydroxylation is 2. The predicted octanol–water partition coefficient (Wildman–Crippen LogP) is 2.84. The average Bonchev–Trinajstić information content (AvgIpc) is 2.86. The van der Waals surface area contributed by atoms with E-state index in [0.29, 0.717) is 9.47 Å². The van der Waals surface area contributed by atoms with E-state index < -0.39 is 0 Å². The Hall–Kier alpha value is -1.93. The van der Waals surface area contributed by atoms with E-state index in [1.165, 1.54) is 30.0 Å². The Morgan fingerprint density at radius 1 is 1.23 bits per heavy atom. The molecular formula is C14H16N4O2S2. The Kier molecular flexibility index (Phi) is 5.51. The number of thioether (sulfide) groups is 1. The molecule has 0 radical (unpaired) electrons. The van der Waals surface area contributed by atoms with Crippen LogP contribution in [0, 0.1) is 13.8 Å². The zero-order chi connectivity index (χ0) is 16.1. The monoisotopic (exact) mass is 336 g/mol. The van der Waals surface area contributed by atoms with Gasteiger partial charge in [0.05, 0.1) is 5.75 Å². The summed E-state index contributed by atoms with van der Waals surface area (Å²) in [6.45, 7) is 5.38. The number of benzene rings is 1. The summed E-state index contributed by atoms with van der Waals surface area (Å²) >= 11 is 2.53. The number of nitrogens with zero attached hydrogens (tertiary/aromatic N) is 2. The third-order valence-electron chi connectivity index (χ3n) is 2.67. The van der Waals surface area contributed by atoms with Gasteiger partial charge in [0, 0.05) is 12.6 Å². The van der Waals surface area contributed by atoms with Crippen LogP contribution in [0.25, 0.3) is 0 Å². The molecule has 0 unspecified atom stereocenters. The van der Waals surface area contributed by atoms with Crippen molar-refractivity contribution >= 4 is 45.7 Å². The van der Waals surface area contributed by atoms with Crippen molar-refractivity contribution in [2.75, 3.05) is 16.4 Å². The molecule has 8 heteroatoms. The molecule has 2 N–H and O–H groups in total. The number of nitrogens with one attached hydrogen (secondary N) is 2. The highest BCUT2D eigenvalue weighted by atomic mass is 32.2. The molecule has 0 aliphatic carbocycles. The molecule has 0 saturated carbocycles. The largest absolute Gasteiger partial charge is 0.325 e. The normalized spacial score (nSPS) is 10.3. The summed E-state index contributed by atoms with van der Waals surface area (Å²) in [5, 5.41) is 13.6. The molecule has 0 spiro atoms. The number of rotatable bonds is 5. The zero-order valence-electron chi connectivity index (χ0n) is 12.5. The van der Waals surface area contributed by atoms with Crippen molar-refractivity contribution in [2.45, 2.75) is 25.1 Å². The number of carbonyl (C=O) groups is 2. The van der Waals surface area contributed by atoms with Gasteiger partial charge in [0.15, 0.2) is 4.34 Å². The van der Waals surface area contributed by atoms with E-state index in [9.17, 15) is 9.59 Å². The van der Waals surface area contributed by atoms with Gasteiger partial charge in [0.25, 0.3) is 0 Å². The molecule has 0 aliphatic heterocycles. The van der Waals surface area contributed by atoms with Crippen LogP contribution in [-0.4, -0.2) is 27.8 Å². The summed E-state index contributed by atoms with van der Waals surface area (Å²) in [7, 11) is 0. The summed E-state index contributed by atoms with van der Waals surface area (Å²) in [6.07, 6.45) is 0. The first-order valence-electron chi connectivity index (χ1n) is 6.55. The third-order valence-corrected chi connectivity index (χ3v) is 4.64. The van der Waals surface area contributed by atoms with Crippen LogP contribution in [0.5, 0.6) is 0 Å². The van der Waals surface area contributed by atoms with Crippen LogP contribution in [-0.2, 0) is 9.59 Å². The van der Waals surface area contributed by atoms with E-state index in [0.717, 1.165) is 16.8 Å². The van der Waals surface area contributed by atoms with Gasteiger partial charge in [-0.2, -0.15) is 0 Å². The molecule has 1 aromatic carbocycles. The third kappa shape index (κ3) is 4.81. The number of carbonyl (C=O) groups excluding carboxylic acids is 2. The summed E-state index contributed by atoms with van der Waals surface area (Å²) in [6, 6.07) is 5.88. The minimum absolute atomic E-state index is 0.103. The van der Waals surface area contributed by atoms with Crippen LogP contribution in [0.4, 0.5) is 10.8 Å². The van der Waals surface area contributed by atoms with Gasteiger partial charge in [-0.25, -0.2) is 0 Å². The Bertz CT molecular complexity index is 700. The van der Waals surface area contributed by atoms with Crippen LogP contribution in [0.2, 0.25) is 0 Å². The van der Waals surface area contributed by atoms with Crippen molar-refractivity contribution in [2.24, 2.45) is 0 Å². The standard InChI is InChI=1S/C14H16N4O2S2/c1-8-4-5-11(9(2)6-8)16-12(20)7-21-14-18-17-13(22-14)15-10(3)19/h4-6H,7H2,1-3H3,(H,16,20)(H,15,17,19). The Balaban J connectivity index is 1.87. The first kappa shape index (κ1) is 16.4. The van der Waals surface area contributed by atoms with Gasteiger partial charge in [-0.05, 0) is 25.5 Å². The van der Waals surface area contributed by atoms with Crippen molar-refractivity contribution in [3.63, 3.8) is 0 Å². The van der Waals surface area contributed by atoms with E-state index >= 15 is 0 Å². The number of hydrogen-bond donors (Lipinski definition) is 2. The van der Waals surface area contributed by atoms with Crippen molar-refractivity contribution < 1.29 is 9.59 Å². The highest BCUT2D eigenvalue weighted by Crippen LogP contribution is 2.25. The fourth-order valence-electron chi connectivity index (χ4n) is 1.74. The fourth-order valence-corrected chi connectivity index (χ4v) is 3.33. The first-order chi connectivity index (χ1) is 10.4. The summed E-state index contributed by atoms with van der Waals surface area (Å²) < 4.78 is 0.638. The fraction of sp³-hybridized carbons (Fsp3) is 0.286. The van der Waals surface area contributed by atoms with Gasteiger partial charge in [-0.15, -0.1) is 10.2 Å². The van der Waals surface area contributed by atoms with Crippen molar-refractivity contribution in [3.8, 4) is 0 Å². The van der Waals surface area contributed by atoms with Gasteiger partial charge >= 0.3 is 0 Å². The van der Waals surface area contributed by atoms with Crippen LogP contribution in [0.3, 0.4) is 0 Å². The second-order valence-electron chi connectivity index (χ2n) is 4.71. The molecule has 6 nitrogen and oxygen atoms in total. The van der Waals surface area contributed by atoms with E-state index in [1.54, 1.807) is 0 Å². The Morgan fingerprint density at radius 2 is 2.00 bits per heavy atom. The lowest BCUT2D eigenvalue weighted by atomic mass is 10.1. The second kappa shape index (κ2) is 7.37. The molecule has 2 aromatic rings. The van der Waals surface area contributed by atoms with E-state index in [2.05, 4.69) is 20.8 Å². The molecule has 0 aliphatic rings. The molecule has 0 saturated heterocycles. The van der Waals surface area contributed by atoms with Gasteiger partial charge in [-0.1, -0.05) is 40.8 Å². The average molecular weight is 336 g/mol. The molecule has 1 heterocycles. The molecule has 2 amide bonds. The van der Waals surface area contributed by atoms with Gasteiger partial charge in [0.2, 0.25) is 16.9 Å². The van der Waals surface area contributed by atoms with Gasteiger partial charge < -0.3 is 10.6 Å². The highest BCUT2D eigenvalue weighted by Gasteiger charge is 2.10. The number of hydrogen-bond acceptors (Lipinski definition) is 6. The Morgan fingerprint density at radius 3 is 2.68 bits per heavy atom. The van der Waals surface area contributed by atoms with Crippen LogP contribution >= 0.6 is 23.1 Å². The number of anilines is 2. The van der Waals surface area contributed by atoms with E-state index in [4.69, 9.17) is 0 Å². The van der Waals surface area contributed by atoms with Gasteiger partial charge in [-0.3, -0.25) is 9.59 Å². The Labute approximate surface area is 136 Å². The number of aromatic nitrogens is 2. The van der Waals surface area contributed by atoms with Gasteiger partial charge in [0.1, 0.15) is 0 Å². The maximum Gasteiger partial charge on any atom is 0.234 e. The predicted molar refractivity (Wildman–Crippen MR) is 89.5 cm³/mol. The molecule has 1 aromatic heterocycles. The smallest absolute Gasteiger partial charge is 0.234 e. The molecule has 0 fully saturated rings. The topological polar surface area (TPSA) is 84.0 Å². The minimum atomic E-state index is -0.194. The van der Waals surface area contributed by atoms with Crippen LogP contribution < -0.4 is 10.6 Å². The lowest BCUT2D eigenvalue weighted by Gasteiger charge is -2.08. The summed E-state index contributed by atoms with van der Waals surface area (Å²) in [5.74, 6) is -0.0596.